The molecule has 0 bridgehead atoms. The standard InChI is InChI=1S/C45H87NO5/c1-3-5-7-9-11-13-17-21-25-29-33-37-43(48)42(41-47)46-44(49)38-34-30-26-22-19-15-16-20-24-28-32-36-40-51-45(50)39-35-31-27-23-18-14-12-10-8-6-4-2/h10,12,42-43,47-48H,3-9,11,13-41H2,1-2H3,(H,46,49)/b12-10-. The highest BCUT2D eigenvalue weighted by Gasteiger charge is 2.20. The maximum absolute atomic E-state index is 12.4. The van der Waals surface area contributed by atoms with Gasteiger partial charge in [-0.3, -0.25) is 9.59 Å². The molecule has 0 aliphatic carbocycles. The van der Waals surface area contributed by atoms with E-state index in [9.17, 15) is 19.8 Å². The van der Waals surface area contributed by atoms with E-state index in [1.54, 1.807) is 0 Å². The molecule has 2 unspecified atom stereocenters. The van der Waals surface area contributed by atoms with E-state index in [0.29, 0.717) is 25.9 Å². The van der Waals surface area contributed by atoms with Gasteiger partial charge in [0.1, 0.15) is 0 Å². The van der Waals surface area contributed by atoms with Gasteiger partial charge >= 0.3 is 5.97 Å². The van der Waals surface area contributed by atoms with Gasteiger partial charge in [-0.25, -0.2) is 0 Å². The fourth-order valence-corrected chi connectivity index (χ4v) is 6.79. The van der Waals surface area contributed by atoms with Gasteiger partial charge in [0.15, 0.2) is 0 Å². The van der Waals surface area contributed by atoms with Crippen molar-refractivity contribution in [3.63, 3.8) is 0 Å². The Morgan fingerprint density at radius 1 is 0.529 bits per heavy atom. The molecule has 51 heavy (non-hydrogen) atoms. The number of aliphatic hydroxyl groups excluding tert-OH is 2. The lowest BCUT2D eigenvalue weighted by atomic mass is 10.0. The van der Waals surface area contributed by atoms with Crippen molar-refractivity contribution in [1.82, 2.24) is 5.32 Å². The Hall–Kier alpha value is -1.40. The minimum atomic E-state index is -0.672. The van der Waals surface area contributed by atoms with Crippen molar-refractivity contribution in [2.45, 2.75) is 251 Å². The van der Waals surface area contributed by atoms with Crippen molar-refractivity contribution in [1.29, 1.82) is 0 Å². The molecule has 0 saturated heterocycles. The number of allylic oxidation sites excluding steroid dienone is 2. The summed E-state index contributed by atoms with van der Waals surface area (Å²) in [6.45, 7) is 4.86. The second-order valence-electron chi connectivity index (χ2n) is 15.4. The molecule has 0 aromatic carbocycles. The molecule has 0 saturated carbocycles. The largest absolute Gasteiger partial charge is 0.466 e. The molecular weight excluding hydrogens is 634 g/mol. The van der Waals surface area contributed by atoms with Crippen LogP contribution >= 0.6 is 0 Å². The topological polar surface area (TPSA) is 95.9 Å². The van der Waals surface area contributed by atoms with Crippen molar-refractivity contribution < 1.29 is 24.5 Å². The summed E-state index contributed by atoms with van der Waals surface area (Å²) in [5, 5.41) is 23.1. The lowest BCUT2D eigenvalue weighted by Gasteiger charge is -2.22. The highest BCUT2D eigenvalue weighted by atomic mass is 16.5. The zero-order chi connectivity index (χ0) is 37.3. The molecule has 0 aromatic heterocycles. The predicted octanol–water partition coefficient (Wildman–Crippen LogP) is 12.6. The minimum absolute atomic E-state index is 0.0208. The summed E-state index contributed by atoms with van der Waals surface area (Å²) in [4.78, 5) is 24.3. The number of hydrogen-bond acceptors (Lipinski definition) is 5. The zero-order valence-corrected chi connectivity index (χ0v) is 34.1. The molecule has 1 amide bonds. The fourth-order valence-electron chi connectivity index (χ4n) is 6.79. The van der Waals surface area contributed by atoms with Crippen LogP contribution in [-0.4, -0.2) is 47.4 Å². The second-order valence-corrected chi connectivity index (χ2v) is 15.4. The highest BCUT2D eigenvalue weighted by molar-refractivity contribution is 5.76. The SMILES string of the molecule is CCCC/C=C\CCCCCCCC(=O)OCCCCCCCCCCCCCCC(=O)NC(CO)C(O)CCCCCCCCCCCCC. The average Bonchev–Trinajstić information content (AvgIpc) is 3.13. The van der Waals surface area contributed by atoms with Crippen molar-refractivity contribution >= 4 is 11.9 Å². The summed E-state index contributed by atoms with van der Waals surface area (Å²) in [5.41, 5.74) is 0. The number of unbranched alkanes of at least 4 members (excludes halogenated alkanes) is 28. The van der Waals surface area contributed by atoms with E-state index in [1.807, 2.05) is 0 Å². The van der Waals surface area contributed by atoms with E-state index < -0.39 is 12.1 Å². The van der Waals surface area contributed by atoms with Gasteiger partial charge in [-0.2, -0.15) is 0 Å². The van der Waals surface area contributed by atoms with Crippen molar-refractivity contribution in [3.05, 3.63) is 12.2 Å². The lowest BCUT2D eigenvalue weighted by molar-refractivity contribution is -0.143. The number of ether oxygens (including phenoxy) is 1. The van der Waals surface area contributed by atoms with Crippen LogP contribution in [0.4, 0.5) is 0 Å². The van der Waals surface area contributed by atoms with Gasteiger partial charge in [0.25, 0.3) is 0 Å². The number of nitrogens with one attached hydrogen (secondary N) is 1. The number of carbonyl (C=O) groups is 2. The van der Waals surface area contributed by atoms with E-state index in [-0.39, 0.29) is 18.5 Å². The van der Waals surface area contributed by atoms with E-state index in [0.717, 1.165) is 57.8 Å². The third-order valence-corrected chi connectivity index (χ3v) is 10.3. The quantitative estimate of drug-likeness (QED) is 0.0332. The Bertz CT molecular complexity index is 757. The van der Waals surface area contributed by atoms with Gasteiger partial charge in [0.2, 0.25) is 5.91 Å². The maximum atomic E-state index is 12.4. The number of esters is 1. The Kier molecular flexibility index (Phi) is 40.2. The smallest absolute Gasteiger partial charge is 0.305 e. The Balaban J connectivity index is 3.47. The molecule has 302 valence electrons. The zero-order valence-electron chi connectivity index (χ0n) is 34.1. The first-order valence-electron chi connectivity index (χ1n) is 22.4. The summed E-state index contributed by atoms with van der Waals surface area (Å²) >= 11 is 0. The molecule has 0 heterocycles. The molecule has 3 N–H and O–H groups in total. The number of rotatable bonds is 41. The summed E-state index contributed by atoms with van der Waals surface area (Å²) in [6, 6.07) is -0.550. The van der Waals surface area contributed by atoms with Crippen molar-refractivity contribution in [3.8, 4) is 0 Å². The highest BCUT2D eigenvalue weighted by Crippen LogP contribution is 2.15. The number of hydrogen-bond donors (Lipinski definition) is 3. The van der Waals surface area contributed by atoms with Crippen LogP contribution < -0.4 is 5.32 Å². The molecule has 0 aromatic rings. The van der Waals surface area contributed by atoms with Crippen LogP contribution in [0.2, 0.25) is 0 Å². The van der Waals surface area contributed by atoms with E-state index in [4.69, 9.17) is 4.74 Å². The van der Waals surface area contributed by atoms with Crippen LogP contribution in [0.3, 0.4) is 0 Å². The monoisotopic (exact) mass is 722 g/mol. The first kappa shape index (κ1) is 49.6. The van der Waals surface area contributed by atoms with Crippen LogP contribution in [0.1, 0.15) is 239 Å². The van der Waals surface area contributed by atoms with Crippen LogP contribution in [0, 0.1) is 0 Å². The molecular formula is C45H87NO5. The van der Waals surface area contributed by atoms with Gasteiger partial charge in [0, 0.05) is 12.8 Å². The van der Waals surface area contributed by atoms with E-state index >= 15 is 0 Å². The van der Waals surface area contributed by atoms with Crippen molar-refractivity contribution in [2.24, 2.45) is 0 Å². The average molecular weight is 722 g/mol. The Morgan fingerprint density at radius 3 is 1.45 bits per heavy atom. The summed E-state index contributed by atoms with van der Waals surface area (Å²) in [6.07, 6.45) is 44.5. The number of aliphatic hydroxyl groups is 2. The fraction of sp³-hybridized carbons (Fsp3) is 0.911. The minimum Gasteiger partial charge on any atom is -0.466 e. The lowest BCUT2D eigenvalue weighted by Crippen LogP contribution is -2.45. The summed E-state index contributed by atoms with van der Waals surface area (Å²) in [7, 11) is 0. The third-order valence-electron chi connectivity index (χ3n) is 10.3. The molecule has 2 atom stereocenters. The maximum Gasteiger partial charge on any atom is 0.305 e. The Labute approximate surface area is 317 Å². The van der Waals surface area contributed by atoms with Gasteiger partial charge in [-0.15, -0.1) is 0 Å². The van der Waals surface area contributed by atoms with Crippen LogP contribution in [0.15, 0.2) is 12.2 Å². The van der Waals surface area contributed by atoms with Crippen LogP contribution in [-0.2, 0) is 14.3 Å². The third kappa shape index (κ3) is 38.1. The molecule has 0 aliphatic rings. The molecule has 0 rings (SSSR count). The van der Waals surface area contributed by atoms with Gasteiger partial charge in [-0.1, -0.05) is 193 Å². The molecule has 6 heteroatoms. The van der Waals surface area contributed by atoms with Gasteiger partial charge in [-0.05, 0) is 44.9 Å². The van der Waals surface area contributed by atoms with Crippen LogP contribution in [0.25, 0.3) is 0 Å². The summed E-state index contributed by atoms with van der Waals surface area (Å²) in [5.74, 6) is -0.0735. The van der Waals surface area contributed by atoms with Gasteiger partial charge in [0.05, 0.1) is 25.4 Å². The predicted molar refractivity (Wildman–Crippen MR) is 218 cm³/mol. The molecule has 0 spiro atoms. The first-order valence-corrected chi connectivity index (χ1v) is 22.4. The molecule has 6 nitrogen and oxygen atoms in total. The van der Waals surface area contributed by atoms with E-state index in [2.05, 4.69) is 31.3 Å². The Morgan fingerprint density at radius 2 is 0.941 bits per heavy atom. The normalized spacial score (nSPS) is 12.8. The molecule has 0 fully saturated rings. The number of carbonyl (C=O) groups excluding carboxylic acids is 2. The summed E-state index contributed by atoms with van der Waals surface area (Å²) < 4.78 is 5.42. The molecule has 0 radical (unpaired) electrons. The van der Waals surface area contributed by atoms with Crippen molar-refractivity contribution in [2.75, 3.05) is 13.2 Å². The van der Waals surface area contributed by atoms with Crippen LogP contribution in [0.5, 0.6) is 0 Å². The number of amides is 1. The van der Waals surface area contributed by atoms with E-state index in [1.165, 1.54) is 148 Å². The van der Waals surface area contributed by atoms with Gasteiger partial charge < -0.3 is 20.3 Å². The molecule has 0 aliphatic heterocycles. The second kappa shape index (κ2) is 41.4. The first-order chi connectivity index (χ1) is 25.0.